The molecule has 0 bridgehead atoms. The van der Waals surface area contributed by atoms with E-state index in [-0.39, 0.29) is 5.78 Å². The quantitative estimate of drug-likeness (QED) is 0.686. The van der Waals surface area contributed by atoms with Crippen LogP contribution in [0, 0.1) is 0 Å². The summed E-state index contributed by atoms with van der Waals surface area (Å²) in [6.07, 6.45) is 2.88. The van der Waals surface area contributed by atoms with E-state index in [0.717, 1.165) is 17.5 Å². The van der Waals surface area contributed by atoms with Crippen molar-refractivity contribution in [1.29, 1.82) is 0 Å². The largest absolute Gasteiger partial charge is 0.293 e. The zero-order valence-electron chi connectivity index (χ0n) is 8.04. The molecule has 0 atom stereocenters. The number of hydrogen-bond acceptors (Lipinski definition) is 2. The van der Waals surface area contributed by atoms with Gasteiger partial charge in [0.25, 0.3) is 0 Å². The van der Waals surface area contributed by atoms with Gasteiger partial charge in [-0.2, -0.15) is 11.8 Å². The van der Waals surface area contributed by atoms with Gasteiger partial charge in [-0.25, -0.2) is 0 Å². The van der Waals surface area contributed by atoms with Gasteiger partial charge in [-0.15, -0.1) is 0 Å². The van der Waals surface area contributed by atoms with Crippen LogP contribution in [-0.2, 0) is 6.42 Å². The summed E-state index contributed by atoms with van der Waals surface area (Å²) in [4.78, 5) is 11.6. The Balaban J connectivity index is 2.92. The molecule has 0 heterocycles. The summed E-state index contributed by atoms with van der Waals surface area (Å²) in [5, 5.41) is 0. The number of benzene rings is 1. The highest BCUT2D eigenvalue weighted by atomic mass is 32.2. The van der Waals surface area contributed by atoms with Crippen molar-refractivity contribution in [2.75, 3.05) is 12.0 Å². The maximum absolute atomic E-state index is 11.6. The first-order valence-electron chi connectivity index (χ1n) is 4.39. The summed E-state index contributed by atoms with van der Waals surface area (Å²) in [5.74, 6) is 0.821. The molecule has 0 radical (unpaired) electrons. The second-order valence-corrected chi connectivity index (χ2v) is 3.73. The second-order valence-electron chi connectivity index (χ2n) is 2.87. The third-order valence-electron chi connectivity index (χ3n) is 1.97. The van der Waals surface area contributed by atoms with Gasteiger partial charge in [0, 0.05) is 5.56 Å². The number of rotatable bonds is 4. The first kappa shape index (κ1) is 10.3. The Labute approximate surface area is 83.5 Å². The highest BCUT2D eigenvalue weighted by molar-refractivity contribution is 7.99. The lowest BCUT2D eigenvalue weighted by Crippen LogP contribution is -2.05. The van der Waals surface area contributed by atoms with Crippen LogP contribution in [0.5, 0.6) is 0 Å². The van der Waals surface area contributed by atoms with E-state index in [9.17, 15) is 4.79 Å². The van der Waals surface area contributed by atoms with Gasteiger partial charge >= 0.3 is 0 Å². The highest BCUT2D eigenvalue weighted by Gasteiger charge is 2.07. The molecule has 0 aliphatic heterocycles. The van der Waals surface area contributed by atoms with Crippen LogP contribution in [0.2, 0.25) is 0 Å². The molecule has 2 heteroatoms. The molecule has 0 aromatic heterocycles. The van der Waals surface area contributed by atoms with Crippen LogP contribution in [-0.4, -0.2) is 17.8 Å². The van der Waals surface area contributed by atoms with Gasteiger partial charge in [-0.05, 0) is 18.2 Å². The van der Waals surface area contributed by atoms with E-state index in [1.807, 2.05) is 30.5 Å². The summed E-state index contributed by atoms with van der Waals surface area (Å²) in [5.41, 5.74) is 2.04. The van der Waals surface area contributed by atoms with Crippen molar-refractivity contribution in [3.8, 4) is 0 Å². The minimum atomic E-state index is 0.241. The number of carbonyl (C=O) groups is 1. The minimum Gasteiger partial charge on any atom is -0.293 e. The Bertz CT molecular complexity index is 294. The predicted octanol–water partition coefficient (Wildman–Crippen LogP) is 2.79. The highest BCUT2D eigenvalue weighted by Crippen LogP contribution is 2.12. The number of aryl methyl sites for hydroxylation is 1. The standard InChI is InChI=1S/C11H14OS/c1-3-9-6-4-5-7-10(9)11(12)8-13-2/h4-7H,3,8H2,1-2H3. The van der Waals surface area contributed by atoms with Crippen LogP contribution in [0.25, 0.3) is 0 Å². The summed E-state index contributed by atoms with van der Waals surface area (Å²) >= 11 is 1.57. The van der Waals surface area contributed by atoms with E-state index in [2.05, 4.69) is 6.92 Å². The Morgan fingerprint density at radius 2 is 2.08 bits per heavy atom. The van der Waals surface area contributed by atoms with Crippen LogP contribution in [0.4, 0.5) is 0 Å². The Kier molecular flexibility index (Phi) is 4.03. The Morgan fingerprint density at radius 1 is 1.38 bits per heavy atom. The molecule has 1 aromatic rings. The number of carbonyl (C=O) groups excluding carboxylic acids is 1. The van der Waals surface area contributed by atoms with Gasteiger partial charge in [-0.3, -0.25) is 4.79 Å². The Morgan fingerprint density at radius 3 is 2.69 bits per heavy atom. The first-order chi connectivity index (χ1) is 6.29. The van der Waals surface area contributed by atoms with Gasteiger partial charge < -0.3 is 0 Å². The number of hydrogen-bond donors (Lipinski definition) is 0. The molecule has 1 rings (SSSR count). The monoisotopic (exact) mass is 194 g/mol. The Hall–Kier alpha value is -0.760. The maximum atomic E-state index is 11.6. The van der Waals surface area contributed by atoms with E-state index < -0.39 is 0 Å². The maximum Gasteiger partial charge on any atom is 0.172 e. The molecular weight excluding hydrogens is 180 g/mol. The fraction of sp³-hybridized carbons (Fsp3) is 0.364. The summed E-state index contributed by atoms with van der Waals surface area (Å²) in [6.45, 7) is 2.07. The normalized spacial score (nSPS) is 10.0. The molecule has 0 unspecified atom stereocenters. The molecule has 13 heavy (non-hydrogen) atoms. The van der Waals surface area contributed by atoms with Crippen molar-refractivity contribution in [2.24, 2.45) is 0 Å². The van der Waals surface area contributed by atoms with Crippen LogP contribution in [0.3, 0.4) is 0 Å². The molecule has 0 saturated carbocycles. The number of thioether (sulfide) groups is 1. The molecule has 1 aromatic carbocycles. The molecule has 70 valence electrons. The van der Waals surface area contributed by atoms with Gasteiger partial charge in [0.2, 0.25) is 0 Å². The van der Waals surface area contributed by atoms with E-state index >= 15 is 0 Å². The molecule has 0 aliphatic carbocycles. The summed E-state index contributed by atoms with van der Waals surface area (Å²) in [6, 6.07) is 7.84. The lowest BCUT2D eigenvalue weighted by molar-refractivity contribution is 0.102. The van der Waals surface area contributed by atoms with Crippen LogP contribution >= 0.6 is 11.8 Å². The summed E-state index contributed by atoms with van der Waals surface area (Å²) < 4.78 is 0. The van der Waals surface area contributed by atoms with Crippen molar-refractivity contribution in [3.63, 3.8) is 0 Å². The van der Waals surface area contributed by atoms with Crippen LogP contribution < -0.4 is 0 Å². The third-order valence-corrected chi connectivity index (χ3v) is 2.52. The lowest BCUT2D eigenvalue weighted by Gasteiger charge is -2.04. The number of Topliss-reactive ketones (excluding diaryl/α,β-unsaturated/α-hetero) is 1. The third kappa shape index (κ3) is 2.59. The predicted molar refractivity (Wildman–Crippen MR) is 58.5 cm³/mol. The molecule has 0 saturated heterocycles. The average Bonchev–Trinajstić information content (AvgIpc) is 2.18. The zero-order chi connectivity index (χ0) is 9.68. The molecule has 0 spiro atoms. The van der Waals surface area contributed by atoms with E-state index in [1.165, 1.54) is 0 Å². The number of ketones is 1. The van der Waals surface area contributed by atoms with Crippen molar-refractivity contribution >= 4 is 17.5 Å². The van der Waals surface area contributed by atoms with Crippen molar-refractivity contribution in [1.82, 2.24) is 0 Å². The topological polar surface area (TPSA) is 17.1 Å². The van der Waals surface area contributed by atoms with Gasteiger partial charge in [0.1, 0.15) is 0 Å². The van der Waals surface area contributed by atoms with Gasteiger partial charge in [0.05, 0.1) is 5.75 Å². The second kappa shape index (κ2) is 5.07. The average molecular weight is 194 g/mol. The first-order valence-corrected chi connectivity index (χ1v) is 5.79. The molecule has 0 N–H and O–H groups in total. The van der Waals surface area contributed by atoms with Crippen molar-refractivity contribution in [2.45, 2.75) is 13.3 Å². The summed E-state index contributed by atoms with van der Waals surface area (Å²) in [7, 11) is 0. The van der Waals surface area contributed by atoms with E-state index in [1.54, 1.807) is 11.8 Å². The molecule has 0 aliphatic rings. The van der Waals surface area contributed by atoms with Crippen LogP contribution in [0.15, 0.2) is 24.3 Å². The van der Waals surface area contributed by atoms with E-state index in [4.69, 9.17) is 0 Å². The molecule has 0 fully saturated rings. The van der Waals surface area contributed by atoms with Crippen LogP contribution in [0.1, 0.15) is 22.8 Å². The molecular formula is C11H14OS. The fourth-order valence-electron chi connectivity index (χ4n) is 1.31. The molecule has 1 nitrogen and oxygen atoms in total. The van der Waals surface area contributed by atoms with Gasteiger partial charge in [0.15, 0.2) is 5.78 Å². The lowest BCUT2D eigenvalue weighted by atomic mass is 10.0. The smallest absolute Gasteiger partial charge is 0.172 e. The van der Waals surface area contributed by atoms with Crippen molar-refractivity contribution in [3.05, 3.63) is 35.4 Å². The fourth-order valence-corrected chi connectivity index (χ4v) is 1.73. The minimum absolute atomic E-state index is 0.241. The zero-order valence-corrected chi connectivity index (χ0v) is 8.86. The molecule has 0 amide bonds. The SMILES string of the molecule is CCc1ccccc1C(=O)CSC. The van der Waals surface area contributed by atoms with Crippen molar-refractivity contribution < 1.29 is 4.79 Å². The van der Waals surface area contributed by atoms with E-state index in [0.29, 0.717) is 5.75 Å². The van der Waals surface area contributed by atoms with Gasteiger partial charge in [-0.1, -0.05) is 31.2 Å².